The molecule has 1 aromatic rings. The van der Waals surface area contributed by atoms with Gasteiger partial charge in [0.15, 0.2) is 0 Å². The van der Waals surface area contributed by atoms with Crippen LogP contribution in [0, 0.1) is 5.92 Å². The van der Waals surface area contributed by atoms with Crippen LogP contribution < -0.4 is 5.32 Å². The van der Waals surface area contributed by atoms with Crippen LogP contribution in [-0.2, 0) is 11.2 Å². The minimum atomic E-state index is 0.00646. The highest BCUT2D eigenvalue weighted by Crippen LogP contribution is 2.38. The first-order chi connectivity index (χ1) is 9.20. The molecule has 0 spiro atoms. The number of aromatic nitrogens is 1. The molecule has 19 heavy (non-hydrogen) atoms. The van der Waals surface area contributed by atoms with Gasteiger partial charge in [-0.1, -0.05) is 13.8 Å². The molecule has 0 radical (unpaired) electrons. The molecule has 1 heterocycles. The Kier molecular flexibility index (Phi) is 5.37. The molecule has 108 valence electrons. The third-order valence-corrected chi connectivity index (χ3v) is 5.30. The molecule has 1 atom stereocenters. The minimum absolute atomic E-state index is 0.00646. The Bertz CT molecular complexity index is 358. The maximum Gasteiger partial charge on any atom is 0.0834 e. The summed E-state index contributed by atoms with van der Waals surface area (Å²) < 4.78 is 6.01. The Hall–Kier alpha value is -0.450. The molecular formula is C15H26N2OS. The quantitative estimate of drug-likeness (QED) is 0.869. The zero-order chi connectivity index (χ0) is 13.7. The van der Waals surface area contributed by atoms with Crippen LogP contribution in [0.3, 0.4) is 0 Å². The first-order valence-corrected chi connectivity index (χ1v) is 8.24. The van der Waals surface area contributed by atoms with Gasteiger partial charge < -0.3 is 10.1 Å². The fraction of sp³-hybridized carbons (Fsp3) is 0.800. The van der Waals surface area contributed by atoms with Crippen molar-refractivity contribution in [3.05, 3.63) is 16.6 Å². The standard InChI is InChI=1S/C15H26N2OS/c1-4-17-14(9-13-10-16-11-19-13)15(18-3)7-5-12(2)6-8-15/h10-12,14,17H,4-9H2,1-3H3. The van der Waals surface area contributed by atoms with Gasteiger partial charge in [-0.2, -0.15) is 0 Å². The Balaban J connectivity index is 2.10. The number of methoxy groups -OCH3 is 1. The summed E-state index contributed by atoms with van der Waals surface area (Å²) in [6, 6.07) is 0.399. The monoisotopic (exact) mass is 282 g/mol. The first kappa shape index (κ1) is 14.9. The molecule has 1 unspecified atom stereocenters. The average Bonchev–Trinajstić information content (AvgIpc) is 2.93. The third kappa shape index (κ3) is 3.56. The molecule has 1 N–H and O–H groups in total. The van der Waals surface area contributed by atoms with Crippen LogP contribution in [0.4, 0.5) is 0 Å². The largest absolute Gasteiger partial charge is 0.377 e. The molecule has 1 saturated carbocycles. The normalized spacial score (nSPS) is 29.3. The zero-order valence-electron chi connectivity index (χ0n) is 12.3. The second-order valence-electron chi connectivity index (χ2n) is 5.73. The lowest BCUT2D eigenvalue weighted by atomic mass is 9.74. The molecule has 1 fully saturated rings. The third-order valence-electron chi connectivity index (χ3n) is 4.50. The van der Waals surface area contributed by atoms with Crippen molar-refractivity contribution >= 4 is 11.3 Å². The van der Waals surface area contributed by atoms with Crippen molar-refractivity contribution in [3.63, 3.8) is 0 Å². The lowest BCUT2D eigenvalue weighted by Crippen LogP contribution is -2.54. The number of nitrogens with one attached hydrogen (secondary N) is 1. The fourth-order valence-corrected chi connectivity index (χ4v) is 3.82. The fourth-order valence-electron chi connectivity index (χ4n) is 3.18. The van der Waals surface area contributed by atoms with Crippen LogP contribution in [0.15, 0.2) is 11.7 Å². The SMILES string of the molecule is CCNC(Cc1cncs1)C1(OC)CCC(C)CC1. The summed E-state index contributed by atoms with van der Waals surface area (Å²) in [7, 11) is 1.88. The Morgan fingerprint density at radius 2 is 2.26 bits per heavy atom. The predicted molar refractivity (Wildman–Crippen MR) is 80.7 cm³/mol. The maximum absolute atomic E-state index is 6.01. The second kappa shape index (κ2) is 6.82. The van der Waals surface area contributed by atoms with Crippen molar-refractivity contribution in [1.82, 2.24) is 10.3 Å². The lowest BCUT2D eigenvalue weighted by molar-refractivity contribution is -0.0741. The summed E-state index contributed by atoms with van der Waals surface area (Å²) in [4.78, 5) is 5.54. The first-order valence-electron chi connectivity index (χ1n) is 7.36. The summed E-state index contributed by atoms with van der Waals surface area (Å²) in [5.41, 5.74) is 1.92. The highest BCUT2D eigenvalue weighted by Gasteiger charge is 2.41. The van der Waals surface area contributed by atoms with Crippen LogP contribution in [0.25, 0.3) is 0 Å². The smallest absolute Gasteiger partial charge is 0.0834 e. The van der Waals surface area contributed by atoms with Gasteiger partial charge in [0.05, 0.1) is 11.1 Å². The number of ether oxygens (including phenoxy) is 1. The van der Waals surface area contributed by atoms with Crippen molar-refractivity contribution in [2.45, 2.75) is 57.6 Å². The van der Waals surface area contributed by atoms with E-state index in [0.717, 1.165) is 18.9 Å². The van der Waals surface area contributed by atoms with Crippen molar-refractivity contribution in [1.29, 1.82) is 0 Å². The lowest BCUT2D eigenvalue weighted by Gasteiger charge is -2.44. The second-order valence-corrected chi connectivity index (χ2v) is 6.70. The summed E-state index contributed by atoms with van der Waals surface area (Å²) in [6.07, 6.45) is 7.91. The van der Waals surface area contributed by atoms with E-state index in [1.165, 1.54) is 30.6 Å². The van der Waals surface area contributed by atoms with Crippen molar-refractivity contribution in [3.8, 4) is 0 Å². The van der Waals surface area contributed by atoms with E-state index in [1.807, 2.05) is 18.8 Å². The van der Waals surface area contributed by atoms with Crippen molar-refractivity contribution < 1.29 is 4.74 Å². The molecule has 3 nitrogen and oxygen atoms in total. The molecule has 0 aromatic carbocycles. The van der Waals surface area contributed by atoms with Gasteiger partial charge in [-0.15, -0.1) is 11.3 Å². The van der Waals surface area contributed by atoms with E-state index in [0.29, 0.717) is 6.04 Å². The Morgan fingerprint density at radius 1 is 1.53 bits per heavy atom. The van der Waals surface area contributed by atoms with E-state index in [9.17, 15) is 0 Å². The molecule has 1 aliphatic rings. The molecule has 1 aliphatic carbocycles. The summed E-state index contributed by atoms with van der Waals surface area (Å²) in [6.45, 7) is 5.52. The molecule has 0 bridgehead atoms. The number of rotatable bonds is 6. The molecular weight excluding hydrogens is 256 g/mol. The van der Waals surface area contributed by atoms with E-state index >= 15 is 0 Å². The predicted octanol–water partition coefficient (Wildman–Crippen LogP) is 3.26. The highest BCUT2D eigenvalue weighted by molar-refractivity contribution is 7.09. The van der Waals surface area contributed by atoms with Crippen molar-refractivity contribution in [2.75, 3.05) is 13.7 Å². The van der Waals surface area contributed by atoms with E-state index in [1.54, 1.807) is 11.3 Å². The van der Waals surface area contributed by atoms with Crippen LogP contribution in [0.2, 0.25) is 0 Å². The Labute approximate surface area is 120 Å². The van der Waals surface area contributed by atoms with Gasteiger partial charge in [0.1, 0.15) is 0 Å². The van der Waals surface area contributed by atoms with E-state index in [-0.39, 0.29) is 5.60 Å². The van der Waals surface area contributed by atoms with Gasteiger partial charge >= 0.3 is 0 Å². The van der Waals surface area contributed by atoms with Gasteiger partial charge in [0.2, 0.25) is 0 Å². The van der Waals surface area contributed by atoms with Gasteiger partial charge in [-0.05, 0) is 38.1 Å². The Morgan fingerprint density at radius 3 is 2.79 bits per heavy atom. The molecule has 2 rings (SSSR count). The molecule has 4 heteroatoms. The number of hydrogen-bond acceptors (Lipinski definition) is 4. The van der Waals surface area contributed by atoms with E-state index < -0.39 is 0 Å². The number of nitrogens with zero attached hydrogens (tertiary/aromatic N) is 1. The highest BCUT2D eigenvalue weighted by atomic mass is 32.1. The number of thiazole rings is 1. The summed E-state index contributed by atoms with van der Waals surface area (Å²) in [5.74, 6) is 0.842. The van der Waals surface area contributed by atoms with Gasteiger partial charge in [-0.3, -0.25) is 4.98 Å². The molecule has 1 aromatic heterocycles. The summed E-state index contributed by atoms with van der Waals surface area (Å²) >= 11 is 1.74. The minimum Gasteiger partial charge on any atom is -0.377 e. The van der Waals surface area contributed by atoms with Gasteiger partial charge in [-0.25, -0.2) is 0 Å². The van der Waals surface area contributed by atoms with Crippen LogP contribution in [0.1, 0.15) is 44.4 Å². The maximum atomic E-state index is 6.01. The van der Waals surface area contributed by atoms with Crippen LogP contribution in [0.5, 0.6) is 0 Å². The van der Waals surface area contributed by atoms with Gasteiger partial charge in [0.25, 0.3) is 0 Å². The molecule has 0 amide bonds. The molecule has 0 aliphatic heterocycles. The number of hydrogen-bond donors (Lipinski definition) is 1. The van der Waals surface area contributed by atoms with Gasteiger partial charge in [0, 0.05) is 30.6 Å². The van der Waals surface area contributed by atoms with Crippen LogP contribution in [-0.4, -0.2) is 30.3 Å². The topological polar surface area (TPSA) is 34.2 Å². The number of likely N-dealkylation sites (N-methyl/N-ethyl adjacent to an activating group) is 1. The van der Waals surface area contributed by atoms with E-state index in [2.05, 4.69) is 24.1 Å². The zero-order valence-corrected chi connectivity index (χ0v) is 13.1. The van der Waals surface area contributed by atoms with Crippen LogP contribution >= 0.6 is 11.3 Å². The average molecular weight is 282 g/mol. The van der Waals surface area contributed by atoms with E-state index in [4.69, 9.17) is 4.74 Å². The molecule has 0 saturated heterocycles. The summed E-state index contributed by atoms with van der Waals surface area (Å²) in [5, 5.41) is 3.65. The van der Waals surface area contributed by atoms with Crippen molar-refractivity contribution in [2.24, 2.45) is 5.92 Å².